The molecule has 2 fully saturated rings. The Hall–Kier alpha value is -2.98. The summed E-state index contributed by atoms with van der Waals surface area (Å²) < 4.78 is 17.9. The van der Waals surface area contributed by atoms with E-state index in [-0.39, 0.29) is 17.6 Å². The van der Waals surface area contributed by atoms with Gasteiger partial charge in [-0.1, -0.05) is 18.2 Å². The van der Waals surface area contributed by atoms with Gasteiger partial charge in [0.05, 0.1) is 16.7 Å². The molecule has 0 radical (unpaired) electrons. The van der Waals surface area contributed by atoms with Gasteiger partial charge in [0.1, 0.15) is 23.2 Å². The van der Waals surface area contributed by atoms with Crippen molar-refractivity contribution in [1.82, 2.24) is 4.90 Å². The molecule has 0 N–H and O–H groups in total. The second kappa shape index (κ2) is 10.1. The molecule has 1 unspecified atom stereocenters. The molecular weight excluding hydrogens is 454 g/mol. The topological polar surface area (TPSA) is 84.2 Å². The van der Waals surface area contributed by atoms with Crippen molar-refractivity contribution in [2.24, 2.45) is 10.4 Å². The van der Waals surface area contributed by atoms with Crippen molar-refractivity contribution in [3.63, 3.8) is 0 Å². The number of nitrogens with zero attached hydrogens (tertiary/aromatic N) is 3. The average Bonchev–Trinajstić information content (AvgIpc) is 3.54. The lowest BCUT2D eigenvalue weighted by atomic mass is 9.91. The van der Waals surface area contributed by atoms with E-state index in [1.165, 1.54) is 6.20 Å². The lowest BCUT2D eigenvalue weighted by molar-refractivity contribution is -0.0115. The molecule has 1 amide bonds. The number of benzene rings is 1. The van der Waals surface area contributed by atoms with E-state index in [0.29, 0.717) is 53.1 Å². The summed E-state index contributed by atoms with van der Waals surface area (Å²) in [5.41, 5.74) is 0.552. The van der Waals surface area contributed by atoms with Gasteiger partial charge in [-0.25, -0.2) is 9.79 Å². The fraction of sp³-hybridized carbons (Fsp3) is 0.500. The van der Waals surface area contributed by atoms with Crippen LogP contribution in [0.4, 0.5) is 4.79 Å². The highest BCUT2D eigenvalue weighted by Crippen LogP contribution is 2.53. The SMILES string of the molecule is C=CN=C(OC1CCN(C(=O)OC(C)(C)C)CC12CC2)C(C)=C(C)Oc1ccc(C#N)cc1Cl. The second-order valence-electron chi connectivity index (χ2n) is 9.82. The van der Waals surface area contributed by atoms with Crippen LogP contribution in [0.2, 0.25) is 5.02 Å². The zero-order chi connectivity index (χ0) is 25.1. The predicted octanol–water partition coefficient (Wildman–Crippen LogP) is 6.23. The van der Waals surface area contributed by atoms with Crippen LogP contribution in [0.15, 0.2) is 47.3 Å². The third-order valence-electron chi connectivity index (χ3n) is 6.03. The number of hydrogen-bond acceptors (Lipinski definition) is 6. The Morgan fingerprint density at radius 3 is 2.62 bits per heavy atom. The first-order chi connectivity index (χ1) is 16.0. The monoisotopic (exact) mass is 485 g/mol. The minimum atomic E-state index is -0.526. The van der Waals surface area contributed by atoms with E-state index in [2.05, 4.69) is 17.6 Å². The number of nitriles is 1. The Bertz CT molecular complexity index is 1060. The molecule has 1 aromatic rings. The zero-order valence-corrected chi connectivity index (χ0v) is 21.2. The molecule has 3 rings (SSSR count). The van der Waals surface area contributed by atoms with Gasteiger partial charge in [-0.2, -0.15) is 5.26 Å². The number of rotatable bonds is 5. The fourth-order valence-corrected chi connectivity index (χ4v) is 4.14. The van der Waals surface area contributed by atoms with Crippen molar-refractivity contribution in [2.45, 2.75) is 65.6 Å². The van der Waals surface area contributed by atoms with Crippen LogP contribution in [0.3, 0.4) is 0 Å². The van der Waals surface area contributed by atoms with E-state index in [1.54, 1.807) is 23.1 Å². The van der Waals surface area contributed by atoms with Crippen LogP contribution >= 0.6 is 11.6 Å². The highest BCUT2D eigenvalue weighted by molar-refractivity contribution is 6.32. The molecule has 7 nitrogen and oxygen atoms in total. The van der Waals surface area contributed by atoms with Crippen molar-refractivity contribution < 1.29 is 19.0 Å². The molecule has 1 saturated heterocycles. The molecule has 1 aromatic carbocycles. The Morgan fingerprint density at radius 1 is 1.35 bits per heavy atom. The number of hydrogen-bond donors (Lipinski definition) is 0. The number of halogens is 1. The van der Waals surface area contributed by atoms with Gasteiger partial charge in [0.15, 0.2) is 0 Å². The lowest BCUT2D eigenvalue weighted by Crippen LogP contribution is -2.50. The summed E-state index contributed by atoms with van der Waals surface area (Å²) in [6, 6.07) is 6.92. The summed E-state index contributed by atoms with van der Waals surface area (Å²) in [6.45, 7) is 14.2. The average molecular weight is 486 g/mol. The number of likely N-dealkylation sites (tertiary alicyclic amines) is 1. The highest BCUT2D eigenvalue weighted by Gasteiger charge is 2.55. The van der Waals surface area contributed by atoms with Crippen LogP contribution in [-0.4, -0.2) is 41.7 Å². The third kappa shape index (κ3) is 6.12. The van der Waals surface area contributed by atoms with Gasteiger partial charge >= 0.3 is 6.09 Å². The molecule has 1 heterocycles. The summed E-state index contributed by atoms with van der Waals surface area (Å²) in [7, 11) is 0. The maximum atomic E-state index is 12.6. The van der Waals surface area contributed by atoms with Crippen molar-refractivity contribution >= 4 is 23.6 Å². The smallest absolute Gasteiger partial charge is 0.410 e. The van der Waals surface area contributed by atoms with E-state index < -0.39 is 5.60 Å². The molecule has 182 valence electrons. The van der Waals surface area contributed by atoms with Crippen molar-refractivity contribution in [2.75, 3.05) is 13.1 Å². The van der Waals surface area contributed by atoms with E-state index in [9.17, 15) is 4.79 Å². The molecule has 1 aliphatic heterocycles. The number of ether oxygens (including phenoxy) is 3. The van der Waals surface area contributed by atoms with Gasteiger partial charge < -0.3 is 19.1 Å². The van der Waals surface area contributed by atoms with Gasteiger partial charge in [-0.05, 0) is 65.7 Å². The maximum Gasteiger partial charge on any atom is 0.410 e. The Kier molecular flexibility index (Phi) is 7.62. The first-order valence-corrected chi connectivity index (χ1v) is 11.7. The van der Waals surface area contributed by atoms with E-state index in [1.807, 2.05) is 34.6 Å². The number of amides is 1. The highest BCUT2D eigenvalue weighted by atomic mass is 35.5. The van der Waals surface area contributed by atoms with Crippen LogP contribution in [0.1, 0.15) is 59.4 Å². The first-order valence-electron chi connectivity index (χ1n) is 11.4. The van der Waals surface area contributed by atoms with Crippen molar-refractivity contribution in [3.8, 4) is 11.8 Å². The summed E-state index contributed by atoms with van der Waals surface area (Å²) in [5, 5.41) is 9.37. The molecule has 8 heteroatoms. The Morgan fingerprint density at radius 2 is 2.06 bits per heavy atom. The van der Waals surface area contributed by atoms with E-state index in [0.717, 1.165) is 12.8 Å². The first kappa shape index (κ1) is 25.6. The zero-order valence-electron chi connectivity index (χ0n) is 20.5. The summed E-state index contributed by atoms with van der Waals surface area (Å²) in [6.07, 6.45) is 3.73. The second-order valence-corrected chi connectivity index (χ2v) is 10.2. The Balaban J connectivity index is 1.73. The third-order valence-corrected chi connectivity index (χ3v) is 6.32. The van der Waals surface area contributed by atoms with Crippen molar-refractivity contribution in [1.29, 1.82) is 5.26 Å². The lowest BCUT2D eigenvalue weighted by Gasteiger charge is -2.39. The minimum Gasteiger partial charge on any atom is -0.473 e. The van der Waals surface area contributed by atoms with Gasteiger partial charge in [0.2, 0.25) is 5.90 Å². The van der Waals surface area contributed by atoms with Crippen molar-refractivity contribution in [3.05, 3.63) is 52.9 Å². The van der Waals surface area contributed by atoms with Crippen LogP contribution in [0, 0.1) is 16.7 Å². The molecule has 0 bridgehead atoms. The summed E-state index contributed by atoms with van der Waals surface area (Å²) >= 11 is 6.26. The van der Waals surface area contributed by atoms with Gasteiger partial charge in [-0.15, -0.1) is 0 Å². The molecule has 2 aliphatic rings. The number of piperidine rings is 1. The quantitative estimate of drug-likeness (QED) is 0.280. The van der Waals surface area contributed by atoms with Crippen LogP contribution < -0.4 is 4.74 Å². The number of carbonyl (C=O) groups is 1. The molecule has 34 heavy (non-hydrogen) atoms. The van der Waals surface area contributed by atoms with Gasteiger partial charge in [-0.3, -0.25) is 0 Å². The van der Waals surface area contributed by atoms with Crippen LogP contribution in [0.25, 0.3) is 0 Å². The van der Waals surface area contributed by atoms with E-state index in [4.69, 9.17) is 31.1 Å². The number of aliphatic imine (C=N–C) groups is 1. The largest absolute Gasteiger partial charge is 0.473 e. The normalized spacial score (nSPS) is 20.2. The number of carbonyl (C=O) groups excluding carboxylic acids is 1. The minimum absolute atomic E-state index is 0.0777. The maximum absolute atomic E-state index is 12.6. The van der Waals surface area contributed by atoms with Gasteiger partial charge in [0.25, 0.3) is 0 Å². The van der Waals surface area contributed by atoms with Crippen LogP contribution in [-0.2, 0) is 9.47 Å². The fourth-order valence-electron chi connectivity index (χ4n) is 3.93. The molecular formula is C26H32ClN3O4. The Labute approximate surface area is 206 Å². The standard InChI is InChI=1S/C26H32ClN3O4/c1-7-29-23(17(2)18(3)32-21-9-8-19(15-28)14-20(21)27)33-22-10-13-30(16-26(22)11-12-26)24(31)34-25(4,5)6/h7-9,14,22H,1,10-13,16H2,2-6H3. The van der Waals surface area contributed by atoms with E-state index >= 15 is 0 Å². The number of allylic oxidation sites excluding steroid dienone is 1. The molecule has 1 saturated carbocycles. The molecule has 1 atom stereocenters. The van der Waals surface area contributed by atoms with Crippen LogP contribution in [0.5, 0.6) is 5.75 Å². The molecule has 0 aromatic heterocycles. The molecule has 1 spiro atoms. The molecule has 1 aliphatic carbocycles. The summed E-state index contributed by atoms with van der Waals surface area (Å²) in [4.78, 5) is 18.7. The predicted molar refractivity (Wildman–Crippen MR) is 132 cm³/mol. The van der Waals surface area contributed by atoms with Gasteiger partial charge in [0, 0.05) is 36.7 Å². The summed E-state index contributed by atoms with van der Waals surface area (Å²) in [5.74, 6) is 1.45.